The molecule has 0 N–H and O–H groups in total. The number of carbonyl (C=O) groups excluding carboxylic acids is 1. The molecule has 0 fully saturated rings. The van der Waals surface area contributed by atoms with E-state index in [2.05, 4.69) is 10.0 Å². The van der Waals surface area contributed by atoms with E-state index in [-0.39, 0.29) is 18.4 Å². The van der Waals surface area contributed by atoms with Crippen LogP contribution in [0.3, 0.4) is 0 Å². The Bertz CT molecular complexity index is 730. The number of azide groups is 1. The zero-order chi connectivity index (χ0) is 18.8. The van der Waals surface area contributed by atoms with Crippen molar-refractivity contribution >= 4 is 5.97 Å². The minimum absolute atomic E-state index is 0.184. The second-order valence-corrected chi connectivity index (χ2v) is 6.03. The van der Waals surface area contributed by atoms with Crippen molar-refractivity contribution in [2.45, 2.75) is 25.4 Å². The molecule has 0 radical (unpaired) electrons. The Morgan fingerprint density at radius 1 is 1.15 bits per heavy atom. The minimum atomic E-state index is -0.553. The molecule has 0 aromatic heterocycles. The largest absolute Gasteiger partial charge is 0.465 e. The maximum Gasteiger partial charge on any atom is 0.323 e. The molecule has 0 aliphatic carbocycles. The van der Waals surface area contributed by atoms with Crippen LogP contribution in [0, 0.1) is 0 Å². The van der Waals surface area contributed by atoms with Gasteiger partial charge in [-0.3, -0.25) is 9.69 Å². The van der Waals surface area contributed by atoms with Crippen molar-refractivity contribution < 1.29 is 9.53 Å². The van der Waals surface area contributed by atoms with Gasteiger partial charge in [-0.1, -0.05) is 65.8 Å². The van der Waals surface area contributed by atoms with Crippen LogP contribution < -0.4 is 0 Å². The molecule has 2 rings (SSSR count). The molecule has 0 spiro atoms. The minimum Gasteiger partial charge on any atom is -0.465 e. The zero-order valence-electron chi connectivity index (χ0n) is 15.2. The van der Waals surface area contributed by atoms with Crippen molar-refractivity contribution in [3.8, 4) is 0 Å². The van der Waals surface area contributed by atoms with Crippen LogP contribution in [0.2, 0.25) is 0 Å². The van der Waals surface area contributed by atoms with E-state index in [1.165, 1.54) is 0 Å². The standard InChI is InChI=1S/C20H24N4O2/c1-3-26-20(25)19(24(2)15-16-10-6-4-7-11-16)18(14-22-23-21)17-12-8-5-9-13-17/h4-13,18-19H,3,14-15H2,1-2H3/t18-,19+/m0/s1. The number of likely N-dealkylation sites (N-methyl/N-ethyl adjacent to an activating group) is 1. The van der Waals surface area contributed by atoms with Crippen LogP contribution in [0.25, 0.3) is 10.4 Å². The summed E-state index contributed by atoms with van der Waals surface area (Å²) in [5.41, 5.74) is 10.8. The summed E-state index contributed by atoms with van der Waals surface area (Å²) in [6.07, 6.45) is 0. The molecule has 0 unspecified atom stereocenters. The monoisotopic (exact) mass is 352 g/mol. The fourth-order valence-electron chi connectivity index (χ4n) is 3.06. The van der Waals surface area contributed by atoms with Gasteiger partial charge in [0.15, 0.2) is 0 Å². The Hall–Kier alpha value is -2.82. The summed E-state index contributed by atoms with van der Waals surface area (Å²) in [6, 6.07) is 19.0. The van der Waals surface area contributed by atoms with Crippen LogP contribution in [0.5, 0.6) is 0 Å². The molecule has 0 bridgehead atoms. The highest BCUT2D eigenvalue weighted by atomic mass is 16.5. The third kappa shape index (κ3) is 5.34. The van der Waals surface area contributed by atoms with Gasteiger partial charge in [-0.15, -0.1) is 0 Å². The van der Waals surface area contributed by atoms with E-state index in [0.717, 1.165) is 11.1 Å². The van der Waals surface area contributed by atoms with Gasteiger partial charge >= 0.3 is 5.97 Å². The van der Waals surface area contributed by atoms with E-state index in [9.17, 15) is 4.79 Å². The molecule has 2 aromatic rings. The van der Waals surface area contributed by atoms with Crippen LogP contribution in [-0.2, 0) is 16.1 Å². The molecule has 0 saturated carbocycles. The molecule has 2 atom stereocenters. The first-order valence-electron chi connectivity index (χ1n) is 8.64. The van der Waals surface area contributed by atoms with Crippen molar-refractivity contribution in [1.29, 1.82) is 0 Å². The quantitative estimate of drug-likeness (QED) is 0.294. The number of esters is 1. The molecular weight excluding hydrogens is 328 g/mol. The van der Waals surface area contributed by atoms with Gasteiger partial charge in [-0.25, -0.2) is 0 Å². The van der Waals surface area contributed by atoms with E-state index in [4.69, 9.17) is 10.3 Å². The average molecular weight is 352 g/mol. The molecule has 26 heavy (non-hydrogen) atoms. The van der Waals surface area contributed by atoms with Gasteiger partial charge in [0.2, 0.25) is 0 Å². The fourth-order valence-corrected chi connectivity index (χ4v) is 3.06. The normalized spacial score (nSPS) is 12.9. The lowest BCUT2D eigenvalue weighted by Gasteiger charge is -2.32. The predicted molar refractivity (Wildman–Crippen MR) is 102 cm³/mol. The van der Waals surface area contributed by atoms with Crippen LogP contribution in [0.15, 0.2) is 65.8 Å². The highest BCUT2D eigenvalue weighted by Crippen LogP contribution is 2.26. The molecular formula is C20H24N4O2. The molecule has 0 aliphatic heterocycles. The van der Waals surface area contributed by atoms with E-state index < -0.39 is 6.04 Å². The number of hydrogen-bond donors (Lipinski definition) is 0. The third-order valence-electron chi connectivity index (χ3n) is 4.23. The second-order valence-electron chi connectivity index (χ2n) is 6.03. The number of ether oxygens (including phenoxy) is 1. The lowest BCUT2D eigenvalue weighted by molar-refractivity contribution is -0.150. The maximum atomic E-state index is 12.8. The average Bonchev–Trinajstić information content (AvgIpc) is 2.66. The van der Waals surface area contributed by atoms with Crippen molar-refractivity contribution in [2.24, 2.45) is 5.11 Å². The van der Waals surface area contributed by atoms with Crippen molar-refractivity contribution in [2.75, 3.05) is 20.2 Å². The summed E-state index contributed by atoms with van der Waals surface area (Å²) in [6.45, 7) is 2.86. The smallest absolute Gasteiger partial charge is 0.323 e. The lowest BCUT2D eigenvalue weighted by atomic mass is 9.90. The number of rotatable bonds is 9. The second kappa shape index (κ2) is 10.2. The van der Waals surface area contributed by atoms with Crippen molar-refractivity contribution in [3.05, 3.63) is 82.2 Å². The summed E-state index contributed by atoms with van der Waals surface area (Å²) in [4.78, 5) is 17.6. The summed E-state index contributed by atoms with van der Waals surface area (Å²) in [7, 11) is 1.89. The van der Waals surface area contributed by atoms with E-state index in [1.807, 2.05) is 72.6 Å². The van der Waals surface area contributed by atoms with Crippen LogP contribution >= 0.6 is 0 Å². The van der Waals surface area contributed by atoms with Gasteiger partial charge in [0.25, 0.3) is 0 Å². The Kier molecular flexibility index (Phi) is 7.68. The lowest BCUT2D eigenvalue weighted by Crippen LogP contribution is -2.44. The summed E-state index contributed by atoms with van der Waals surface area (Å²) < 4.78 is 5.33. The topological polar surface area (TPSA) is 78.3 Å². The van der Waals surface area contributed by atoms with Gasteiger partial charge in [-0.2, -0.15) is 0 Å². The first-order chi connectivity index (χ1) is 12.7. The first-order valence-corrected chi connectivity index (χ1v) is 8.64. The molecule has 0 amide bonds. The first kappa shape index (κ1) is 19.5. The SMILES string of the molecule is CCOC(=O)[C@@H]([C@@H](CN=[N+]=[N-])c1ccccc1)N(C)Cc1ccccc1. The van der Waals surface area contributed by atoms with E-state index >= 15 is 0 Å². The van der Waals surface area contributed by atoms with E-state index in [1.54, 1.807) is 6.92 Å². The highest BCUT2D eigenvalue weighted by molar-refractivity contribution is 5.77. The van der Waals surface area contributed by atoms with Gasteiger partial charge < -0.3 is 4.74 Å². The summed E-state index contributed by atoms with van der Waals surface area (Å²) in [5.74, 6) is -0.604. The number of carbonyl (C=O) groups is 1. The maximum absolute atomic E-state index is 12.8. The number of benzene rings is 2. The Balaban J connectivity index is 2.35. The zero-order valence-corrected chi connectivity index (χ0v) is 15.2. The summed E-state index contributed by atoms with van der Waals surface area (Å²) >= 11 is 0. The van der Waals surface area contributed by atoms with Gasteiger partial charge in [-0.05, 0) is 30.6 Å². The summed E-state index contributed by atoms with van der Waals surface area (Å²) in [5, 5.41) is 3.75. The molecule has 6 heteroatoms. The Morgan fingerprint density at radius 3 is 2.35 bits per heavy atom. The van der Waals surface area contributed by atoms with Crippen LogP contribution in [-0.4, -0.2) is 37.1 Å². The molecule has 2 aromatic carbocycles. The highest BCUT2D eigenvalue weighted by Gasteiger charge is 2.33. The third-order valence-corrected chi connectivity index (χ3v) is 4.23. The van der Waals surface area contributed by atoms with Gasteiger partial charge in [0.05, 0.1) is 6.61 Å². The molecule has 0 saturated heterocycles. The van der Waals surface area contributed by atoms with Crippen LogP contribution in [0.1, 0.15) is 24.0 Å². The molecule has 136 valence electrons. The van der Waals surface area contributed by atoms with Gasteiger partial charge in [0, 0.05) is 23.9 Å². The fraction of sp³-hybridized carbons (Fsp3) is 0.350. The molecule has 0 aliphatic rings. The van der Waals surface area contributed by atoms with Crippen molar-refractivity contribution in [3.63, 3.8) is 0 Å². The number of hydrogen-bond acceptors (Lipinski definition) is 4. The number of nitrogens with zero attached hydrogens (tertiary/aromatic N) is 4. The van der Waals surface area contributed by atoms with Crippen LogP contribution in [0.4, 0.5) is 0 Å². The predicted octanol–water partition coefficient (Wildman–Crippen LogP) is 4.14. The Morgan fingerprint density at radius 2 is 1.77 bits per heavy atom. The van der Waals surface area contributed by atoms with Gasteiger partial charge in [0.1, 0.15) is 6.04 Å². The molecule has 0 heterocycles. The Labute approximate surface area is 154 Å². The molecule has 6 nitrogen and oxygen atoms in total. The van der Waals surface area contributed by atoms with E-state index in [0.29, 0.717) is 13.2 Å². The van der Waals surface area contributed by atoms with Crippen molar-refractivity contribution in [1.82, 2.24) is 4.90 Å².